The molecule has 1 fully saturated rings. The van der Waals surface area contributed by atoms with Gasteiger partial charge in [0.25, 0.3) is 0 Å². The Labute approximate surface area is 260 Å². The zero-order chi connectivity index (χ0) is 29.9. The first-order chi connectivity index (χ1) is 20.4. The Morgan fingerprint density at radius 3 is 2.40 bits per heavy atom. The first kappa shape index (κ1) is 32.1. The molecular weight excluding hydrogens is 566 g/mol. The molecule has 0 N–H and O–H groups in total. The molecule has 0 bridgehead atoms. The zero-order valence-corrected chi connectivity index (χ0v) is 26.8. The Kier molecular flexibility index (Phi) is 12.3. The minimum Gasteiger partial charge on any atom is -0.339 e. The third-order valence-electron chi connectivity index (χ3n) is 7.82. The highest BCUT2D eigenvalue weighted by Crippen LogP contribution is 2.30. The molecule has 1 aromatic heterocycles. The molecule has 0 spiro atoms. The summed E-state index contributed by atoms with van der Waals surface area (Å²) in [7, 11) is 0. The molecular formula is C33H44ClN5O2S. The summed E-state index contributed by atoms with van der Waals surface area (Å²) in [4.78, 5) is 29.7. The van der Waals surface area contributed by atoms with Crippen molar-refractivity contribution in [1.82, 2.24) is 24.6 Å². The molecule has 2 heterocycles. The minimum atomic E-state index is 0.0566. The Bertz CT molecular complexity index is 1310. The number of aryl methyl sites for hydroxylation is 1. The summed E-state index contributed by atoms with van der Waals surface area (Å²) in [5.41, 5.74) is 3.07. The van der Waals surface area contributed by atoms with E-state index >= 15 is 0 Å². The number of amides is 2. The average Bonchev–Trinajstić information content (AvgIpc) is 3.41. The van der Waals surface area contributed by atoms with Crippen molar-refractivity contribution < 1.29 is 9.59 Å². The average molecular weight is 610 g/mol. The summed E-state index contributed by atoms with van der Waals surface area (Å²) >= 11 is 7.92. The number of rotatable bonds is 14. The van der Waals surface area contributed by atoms with Gasteiger partial charge < -0.3 is 9.80 Å². The van der Waals surface area contributed by atoms with Gasteiger partial charge in [-0.1, -0.05) is 98.3 Å². The van der Waals surface area contributed by atoms with E-state index in [1.807, 2.05) is 38.6 Å². The number of halogens is 1. The molecule has 0 radical (unpaired) electrons. The van der Waals surface area contributed by atoms with E-state index in [4.69, 9.17) is 11.6 Å². The van der Waals surface area contributed by atoms with E-state index in [0.29, 0.717) is 37.5 Å². The van der Waals surface area contributed by atoms with Gasteiger partial charge in [-0.2, -0.15) is 0 Å². The van der Waals surface area contributed by atoms with E-state index in [2.05, 4.69) is 55.2 Å². The first-order valence-corrected chi connectivity index (χ1v) is 16.7. The van der Waals surface area contributed by atoms with Crippen molar-refractivity contribution in [3.8, 4) is 17.1 Å². The van der Waals surface area contributed by atoms with Crippen molar-refractivity contribution in [3.63, 3.8) is 0 Å². The number of hydrogen-bond acceptors (Lipinski definition) is 5. The van der Waals surface area contributed by atoms with Crippen molar-refractivity contribution in [1.29, 1.82) is 0 Å². The van der Waals surface area contributed by atoms with Gasteiger partial charge in [0.05, 0.1) is 5.69 Å². The summed E-state index contributed by atoms with van der Waals surface area (Å²) < 4.78 is 2.03. The summed E-state index contributed by atoms with van der Waals surface area (Å²) in [5, 5.41) is 10.4. The number of thioether (sulfide) groups is 1. The maximum Gasteiger partial charge on any atom is 0.222 e. The molecule has 0 aliphatic carbocycles. The maximum absolute atomic E-state index is 13.0. The molecule has 3 aromatic rings. The third-order valence-corrected chi connectivity index (χ3v) is 9.07. The molecule has 9 heteroatoms. The molecule has 1 saturated heterocycles. The van der Waals surface area contributed by atoms with E-state index in [-0.39, 0.29) is 17.9 Å². The van der Waals surface area contributed by atoms with Crippen LogP contribution in [0.4, 0.5) is 0 Å². The van der Waals surface area contributed by atoms with Crippen molar-refractivity contribution >= 4 is 35.2 Å². The quantitative estimate of drug-likeness (QED) is 0.139. The van der Waals surface area contributed by atoms with Gasteiger partial charge in [-0.3, -0.25) is 14.2 Å². The number of aromatic nitrogens is 3. The van der Waals surface area contributed by atoms with Crippen LogP contribution in [0.3, 0.4) is 0 Å². The normalized spacial score (nSPS) is 15.3. The van der Waals surface area contributed by atoms with Crippen molar-refractivity contribution in [2.45, 2.75) is 89.8 Å². The molecule has 226 valence electrons. The lowest BCUT2D eigenvalue weighted by Crippen LogP contribution is -2.55. The Balaban J connectivity index is 1.27. The molecule has 42 heavy (non-hydrogen) atoms. The van der Waals surface area contributed by atoms with Crippen LogP contribution in [0.1, 0.15) is 77.2 Å². The van der Waals surface area contributed by atoms with Gasteiger partial charge in [-0.25, -0.2) is 0 Å². The highest BCUT2D eigenvalue weighted by atomic mass is 35.5. The Morgan fingerprint density at radius 1 is 0.929 bits per heavy atom. The largest absolute Gasteiger partial charge is 0.339 e. The predicted molar refractivity (Wildman–Crippen MR) is 172 cm³/mol. The van der Waals surface area contributed by atoms with Crippen molar-refractivity contribution in [3.05, 3.63) is 59.1 Å². The van der Waals surface area contributed by atoms with Crippen molar-refractivity contribution in [2.24, 2.45) is 0 Å². The highest BCUT2D eigenvalue weighted by molar-refractivity contribution is 7.99. The van der Waals surface area contributed by atoms with Crippen LogP contribution in [0.25, 0.3) is 17.1 Å². The van der Waals surface area contributed by atoms with Gasteiger partial charge in [0.1, 0.15) is 0 Å². The zero-order valence-electron chi connectivity index (χ0n) is 25.2. The number of hydrogen-bond donors (Lipinski definition) is 0. The second kappa shape index (κ2) is 16.1. The SMILES string of the molecule is CCCCCCCCC(=O)N1CCN(C(=O)CCCSc2nnc(-c3ccc(C)cc3)n2-c2cccc(Cl)c2)CC1C. The van der Waals surface area contributed by atoms with Crippen LogP contribution in [-0.2, 0) is 9.59 Å². The van der Waals surface area contributed by atoms with E-state index < -0.39 is 0 Å². The monoisotopic (exact) mass is 609 g/mol. The standard InChI is InChI=1S/C33H44ClN5O2S/c1-4-5-6-7-8-9-14-31(41)38-21-20-37(24-26(38)3)30(40)15-11-22-42-33-36-35-32(27-18-16-25(2)17-19-27)39(33)29-13-10-12-28(34)23-29/h10,12-13,16-19,23,26H,4-9,11,14-15,20-22,24H2,1-3H3. The van der Waals surface area contributed by atoms with Gasteiger partial charge >= 0.3 is 0 Å². The van der Waals surface area contributed by atoms with Gasteiger partial charge in [0, 0.05) is 54.9 Å². The van der Waals surface area contributed by atoms with Gasteiger partial charge in [-0.05, 0) is 44.9 Å². The number of piperazine rings is 1. The van der Waals surface area contributed by atoms with Crippen LogP contribution in [0.15, 0.2) is 53.7 Å². The van der Waals surface area contributed by atoms with E-state index in [1.165, 1.54) is 31.2 Å². The van der Waals surface area contributed by atoms with Crippen LogP contribution in [0, 0.1) is 6.92 Å². The van der Waals surface area contributed by atoms with Gasteiger partial charge in [0.15, 0.2) is 11.0 Å². The van der Waals surface area contributed by atoms with Crippen molar-refractivity contribution in [2.75, 3.05) is 25.4 Å². The lowest BCUT2D eigenvalue weighted by Gasteiger charge is -2.40. The van der Waals surface area contributed by atoms with Crippen LogP contribution in [-0.4, -0.2) is 67.8 Å². The lowest BCUT2D eigenvalue weighted by atomic mass is 10.1. The molecule has 1 aliphatic rings. The van der Waals surface area contributed by atoms with Crippen LogP contribution >= 0.6 is 23.4 Å². The Hall–Kier alpha value is -2.84. The predicted octanol–water partition coefficient (Wildman–Crippen LogP) is 7.58. The molecule has 1 aliphatic heterocycles. The lowest BCUT2D eigenvalue weighted by molar-refractivity contribution is -0.142. The van der Waals surface area contributed by atoms with Crippen LogP contribution in [0.5, 0.6) is 0 Å². The number of benzene rings is 2. The highest BCUT2D eigenvalue weighted by Gasteiger charge is 2.29. The summed E-state index contributed by atoms with van der Waals surface area (Å²) in [6.07, 6.45) is 8.90. The maximum atomic E-state index is 13.0. The van der Waals surface area contributed by atoms with Crippen LogP contribution in [0.2, 0.25) is 5.02 Å². The number of carbonyl (C=O) groups is 2. The molecule has 7 nitrogen and oxygen atoms in total. The third kappa shape index (κ3) is 8.83. The number of carbonyl (C=O) groups excluding carboxylic acids is 2. The molecule has 2 amide bonds. The van der Waals surface area contributed by atoms with E-state index in [1.54, 1.807) is 11.8 Å². The smallest absolute Gasteiger partial charge is 0.222 e. The first-order valence-electron chi connectivity index (χ1n) is 15.4. The topological polar surface area (TPSA) is 71.3 Å². The number of unbranched alkanes of at least 4 members (excludes halogenated alkanes) is 5. The number of nitrogens with zero attached hydrogens (tertiary/aromatic N) is 5. The molecule has 1 unspecified atom stereocenters. The minimum absolute atomic E-state index is 0.0566. The van der Waals surface area contributed by atoms with Crippen LogP contribution < -0.4 is 0 Å². The second-order valence-corrected chi connectivity index (χ2v) is 12.7. The second-order valence-electron chi connectivity index (χ2n) is 11.2. The fourth-order valence-corrected chi connectivity index (χ4v) is 6.48. The molecule has 1 atom stereocenters. The summed E-state index contributed by atoms with van der Waals surface area (Å²) in [5.74, 6) is 1.89. The molecule has 0 saturated carbocycles. The van der Waals surface area contributed by atoms with E-state index in [0.717, 1.165) is 47.2 Å². The summed E-state index contributed by atoms with van der Waals surface area (Å²) in [6.45, 7) is 8.18. The fourth-order valence-electron chi connectivity index (χ4n) is 5.40. The Morgan fingerprint density at radius 2 is 1.67 bits per heavy atom. The molecule has 2 aromatic carbocycles. The van der Waals surface area contributed by atoms with Gasteiger partial charge in [0.2, 0.25) is 11.8 Å². The van der Waals surface area contributed by atoms with E-state index in [9.17, 15) is 9.59 Å². The summed E-state index contributed by atoms with van der Waals surface area (Å²) in [6, 6.07) is 16.0. The molecule has 4 rings (SSSR count). The fraction of sp³-hybridized carbons (Fsp3) is 0.515. The van der Waals surface area contributed by atoms with Gasteiger partial charge in [-0.15, -0.1) is 10.2 Å².